The van der Waals surface area contributed by atoms with Crippen LogP contribution in [-0.2, 0) is 4.79 Å². The molecule has 1 rings (SSSR count). The Kier molecular flexibility index (Phi) is 6.42. The van der Waals surface area contributed by atoms with Gasteiger partial charge in [-0.3, -0.25) is 4.79 Å². The van der Waals surface area contributed by atoms with Gasteiger partial charge in [-0.15, -0.1) is 0 Å². The van der Waals surface area contributed by atoms with E-state index in [2.05, 4.69) is 16.8 Å². The summed E-state index contributed by atoms with van der Waals surface area (Å²) >= 11 is 0. The summed E-state index contributed by atoms with van der Waals surface area (Å²) in [6.45, 7) is 5.91. The number of hydrogen-bond acceptors (Lipinski definition) is 3. The SMILES string of the molecule is CN1CCN(CCCCCCC(=O)O)CC1. The number of piperazine rings is 1. The van der Waals surface area contributed by atoms with Gasteiger partial charge in [0.25, 0.3) is 0 Å². The molecule has 0 atom stereocenters. The van der Waals surface area contributed by atoms with Crippen molar-refractivity contribution in [3.8, 4) is 0 Å². The molecule has 1 fully saturated rings. The highest BCUT2D eigenvalue weighted by Gasteiger charge is 2.12. The van der Waals surface area contributed by atoms with E-state index in [4.69, 9.17) is 5.11 Å². The number of likely N-dealkylation sites (N-methyl/N-ethyl adjacent to an activating group) is 1. The van der Waals surface area contributed by atoms with Gasteiger partial charge >= 0.3 is 5.97 Å². The number of rotatable bonds is 7. The third-order valence-corrected chi connectivity index (χ3v) is 3.21. The van der Waals surface area contributed by atoms with E-state index in [1.54, 1.807) is 0 Å². The Morgan fingerprint density at radius 1 is 1.06 bits per heavy atom. The molecule has 0 aromatic rings. The van der Waals surface area contributed by atoms with Crippen molar-refractivity contribution < 1.29 is 9.90 Å². The molecule has 0 saturated carbocycles. The van der Waals surface area contributed by atoms with E-state index in [1.165, 1.54) is 45.6 Å². The summed E-state index contributed by atoms with van der Waals surface area (Å²) in [5.41, 5.74) is 0. The second-order valence-electron chi connectivity index (χ2n) is 4.70. The van der Waals surface area contributed by atoms with E-state index in [0.717, 1.165) is 12.8 Å². The van der Waals surface area contributed by atoms with Gasteiger partial charge in [0.05, 0.1) is 0 Å². The van der Waals surface area contributed by atoms with Crippen LogP contribution in [0.4, 0.5) is 0 Å². The second-order valence-corrected chi connectivity index (χ2v) is 4.70. The molecule has 4 nitrogen and oxygen atoms in total. The summed E-state index contributed by atoms with van der Waals surface area (Å²) in [7, 11) is 2.17. The molecule has 0 unspecified atom stereocenters. The van der Waals surface area contributed by atoms with Crippen LogP contribution in [0.5, 0.6) is 0 Å². The standard InChI is InChI=1S/C12H24N2O2/c1-13-8-10-14(11-9-13)7-5-3-2-4-6-12(15)16/h2-11H2,1H3,(H,15,16). The number of hydrogen-bond donors (Lipinski definition) is 1. The van der Waals surface area contributed by atoms with E-state index in [1.807, 2.05) is 0 Å². The summed E-state index contributed by atoms with van der Waals surface area (Å²) in [5, 5.41) is 8.49. The van der Waals surface area contributed by atoms with Crippen LogP contribution in [0.2, 0.25) is 0 Å². The van der Waals surface area contributed by atoms with Crippen LogP contribution in [0.15, 0.2) is 0 Å². The highest BCUT2D eigenvalue weighted by Crippen LogP contribution is 2.06. The second kappa shape index (κ2) is 7.63. The van der Waals surface area contributed by atoms with E-state index in [0.29, 0.717) is 6.42 Å². The van der Waals surface area contributed by atoms with Crippen molar-refractivity contribution in [2.24, 2.45) is 0 Å². The molecule has 0 aliphatic carbocycles. The van der Waals surface area contributed by atoms with Crippen LogP contribution in [-0.4, -0.2) is 60.6 Å². The Bertz CT molecular complexity index is 201. The fraction of sp³-hybridized carbons (Fsp3) is 0.917. The highest BCUT2D eigenvalue weighted by molar-refractivity contribution is 5.66. The van der Waals surface area contributed by atoms with Crippen LogP contribution < -0.4 is 0 Å². The summed E-state index contributed by atoms with van der Waals surface area (Å²) in [5.74, 6) is -0.668. The number of carbonyl (C=O) groups is 1. The molecule has 0 aromatic carbocycles. The lowest BCUT2D eigenvalue weighted by atomic mass is 10.1. The van der Waals surface area contributed by atoms with Gasteiger partial charge in [-0.05, 0) is 26.4 Å². The molecule has 1 saturated heterocycles. The average molecular weight is 228 g/mol. The first-order chi connectivity index (χ1) is 7.68. The molecular weight excluding hydrogens is 204 g/mol. The Morgan fingerprint density at radius 2 is 1.69 bits per heavy atom. The van der Waals surface area contributed by atoms with Crippen LogP contribution in [0, 0.1) is 0 Å². The minimum absolute atomic E-state index is 0.328. The maximum absolute atomic E-state index is 10.3. The number of carboxylic acids is 1. The zero-order valence-corrected chi connectivity index (χ0v) is 10.3. The summed E-state index contributed by atoms with van der Waals surface area (Å²) in [6, 6.07) is 0. The molecule has 0 aromatic heterocycles. The van der Waals surface area contributed by atoms with Crippen molar-refractivity contribution in [1.29, 1.82) is 0 Å². The lowest BCUT2D eigenvalue weighted by molar-refractivity contribution is -0.137. The van der Waals surface area contributed by atoms with Crippen LogP contribution in [0.25, 0.3) is 0 Å². The Labute approximate surface area is 98.2 Å². The molecule has 1 aliphatic heterocycles. The minimum Gasteiger partial charge on any atom is -0.481 e. The molecule has 1 N–H and O–H groups in total. The lowest BCUT2D eigenvalue weighted by Gasteiger charge is -2.32. The molecule has 94 valence electrons. The zero-order valence-electron chi connectivity index (χ0n) is 10.3. The van der Waals surface area contributed by atoms with E-state index >= 15 is 0 Å². The molecule has 0 radical (unpaired) electrons. The summed E-state index contributed by atoms with van der Waals surface area (Å²) in [6.07, 6.45) is 4.59. The largest absolute Gasteiger partial charge is 0.481 e. The van der Waals surface area contributed by atoms with E-state index < -0.39 is 5.97 Å². The highest BCUT2D eigenvalue weighted by atomic mass is 16.4. The van der Waals surface area contributed by atoms with Gasteiger partial charge < -0.3 is 14.9 Å². The summed E-state index contributed by atoms with van der Waals surface area (Å²) in [4.78, 5) is 15.2. The van der Waals surface area contributed by atoms with Crippen molar-refractivity contribution in [3.63, 3.8) is 0 Å². The first kappa shape index (κ1) is 13.5. The topological polar surface area (TPSA) is 43.8 Å². The van der Waals surface area contributed by atoms with Gasteiger partial charge in [0, 0.05) is 32.6 Å². The fourth-order valence-corrected chi connectivity index (χ4v) is 2.04. The third kappa shape index (κ3) is 6.08. The molecule has 1 aliphatic rings. The van der Waals surface area contributed by atoms with Crippen LogP contribution in [0.3, 0.4) is 0 Å². The smallest absolute Gasteiger partial charge is 0.303 e. The van der Waals surface area contributed by atoms with Crippen LogP contribution >= 0.6 is 0 Å². The maximum atomic E-state index is 10.3. The number of unbranched alkanes of at least 4 members (excludes halogenated alkanes) is 3. The van der Waals surface area contributed by atoms with Crippen molar-refractivity contribution in [1.82, 2.24) is 9.80 Å². The summed E-state index contributed by atoms with van der Waals surface area (Å²) < 4.78 is 0. The fourth-order valence-electron chi connectivity index (χ4n) is 2.04. The van der Waals surface area contributed by atoms with Crippen molar-refractivity contribution in [3.05, 3.63) is 0 Å². The molecule has 16 heavy (non-hydrogen) atoms. The maximum Gasteiger partial charge on any atom is 0.303 e. The number of nitrogens with zero attached hydrogens (tertiary/aromatic N) is 2. The Balaban J connectivity index is 1.89. The van der Waals surface area contributed by atoms with E-state index in [-0.39, 0.29) is 0 Å². The van der Waals surface area contributed by atoms with Gasteiger partial charge in [0.2, 0.25) is 0 Å². The van der Waals surface area contributed by atoms with Gasteiger partial charge in [-0.25, -0.2) is 0 Å². The number of aliphatic carboxylic acids is 1. The predicted octanol–water partition coefficient (Wildman–Crippen LogP) is 1.27. The number of carboxylic acid groups (broad SMARTS) is 1. The van der Waals surface area contributed by atoms with Gasteiger partial charge in [-0.1, -0.05) is 12.8 Å². The first-order valence-corrected chi connectivity index (χ1v) is 6.31. The third-order valence-electron chi connectivity index (χ3n) is 3.21. The minimum atomic E-state index is -0.668. The van der Waals surface area contributed by atoms with Crippen molar-refractivity contribution in [2.45, 2.75) is 32.1 Å². The van der Waals surface area contributed by atoms with Crippen LogP contribution in [0.1, 0.15) is 32.1 Å². The van der Waals surface area contributed by atoms with Gasteiger partial charge in [0.15, 0.2) is 0 Å². The predicted molar refractivity (Wildman–Crippen MR) is 64.7 cm³/mol. The van der Waals surface area contributed by atoms with Crippen molar-refractivity contribution >= 4 is 5.97 Å². The van der Waals surface area contributed by atoms with Gasteiger partial charge in [0.1, 0.15) is 0 Å². The molecule has 0 spiro atoms. The zero-order chi connectivity index (χ0) is 11.8. The lowest BCUT2D eigenvalue weighted by Crippen LogP contribution is -2.44. The average Bonchev–Trinajstić information content (AvgIpc) is 2.25. The quantitative estimate of drug-likeness (QED) is 0.666. The Morgan fingerprint density at radius 3 is 2.31 bits per heavy atom. The normalized spacial score (nSPS) is 18.8. The van der Waals surface area contributed by atoms with Crippen molar-refractivity contribution in [2.75, 3.05) is 39.8 Å². The molecule has 1 heterocycles. The molecular formula is C12H24N2O2. The molecule has 4 heteroatoms. The Hall–Kier alpha value is -0.610. The monoisotopic (exact) mass is 228 g/mol. The molecule has 0 bridgehead atoms. The van der Waals surface area contributed by atoms with Gasteiger partial charge in [-0.2, -0.15) is 0 Å². The molecule has 0 amide bonds. The first-order valence-electron chi connectivity index (χ1n) is 6.31. The van der Waals surface area contributed by atoms with E-state index in [9.17, 15) is 4.79 Å².